The van der Waals surface area contributed by atoms with Crippen molar-refractivity contribution in [3.8, 4) is 16.9 Å². The lowest BCUT2D eigenvalue weighted by molar-refractivity contribution is 0.0939. The highest BCUT2D eigenvalue weighted by molar-refractivity contribution is 6.00. The lowest BCUT2D eigenvalue weighted by atomic mass is 9.91. The molecule has 3 nitrogen and oxygen atoms in total. The zero-order valence-electron chi connectivity index (χ0n) is 17.5. The van der Waals surface area contributed by atoms with Gasteiger partial charge in [0.05, 0.1) is 0 Å². The first-order valence-corrected chi connectivity index (χ1v) is 10.1. The molecule has 4 heteroatoms. The molecule has 28 heavy (non-hydrogen) atoms. The third kappa shape index (κ3) is 5.15. The maximum Gasteiger partial charge on any atom is 0.165 e. The first-order chi connectivity index (χ1) is 13.0. The number of ketones is 1. The number of nitrogens with zero attached hydrogens (tertiary/aromatic N) is 1. The van der Waals surface area contributed by atoms with E-state index in [0.29, 0.717) is 6.61 Å². The summed E-state index contributed by atoms with van der Waals surface area (Å²) in [7, 11) is 0. The van der Waals surface area contributed by atoms with Crippen LogP contribution in [0.25, 0.3) is 11.1 Å². The number of ether oxygens (including phenoxy) is 1. The van der Waals surface area contributed by atoms with Crippen LogP contribution in [0.1, 0.15) is 48.2 Å². The van der Waals surface area contributed by atoms with Gasteiger partial charge < -0.3 is 4.74 Å². The predicted octanol–water partition coefficient (Wildman–Crippen LogP) is 5.71. The third-order valence-corrected chi connectivity index (χ3v) is 5.42. The van der Waals surface area contributed by atoms with E-state index in [9.17, 15) is 4.79 Å². The molecule has 0 unspecified atom stereocenters. The number of halogens is 1. The van der Waals surface area contributed by atoms with Gasteiger partial charge in [-0.2, -0.15) is 0 Å². The van der Waals surface area contributed by atoms with Gasteiger partial charge in [0, 0.05) is 23.6 Å². The fourth-order valence-electron chi connectivity index (χ4n) is 3.75. The molecule has 2 aromatic carbocycles. The van der Waals surface area contributed by atoms with Crippen molar-refractivity contribution < 1.29 is 9.53 Å². The smallest absolute Gasteiger partial charge is 0.165 e. The van der Waals surface area contributed by atoms with Gasteiger partial charge in [-0.3, -0.25) is 9.69 Å². The normalized spacial score (nSPS) is 14.2. The second kappa shape index (κ2) is 10.1. The van der Waals surface area contributed by atoms with Crippen LogP contribution in [0.3, 0.4) is 0 Å². The molecule has 0 N–H and O–H groups in total. The summed E-state index contributed by atoms with van der Waals surface area (Å²) in [5.41, 5.74) is 5.13. The number of carbonyl (C=O) groups is 1. The number of hydrogen-bond acceptors (Lipinski definition) is 3. The molecule has 0 aromatic heterocycles. The Hall–Kier alpha value is -1.84. The highest BCUT2D eigenvalue weighted by Gasteiger charge is 2.19. The Bertz CT molecular complexity index is 810. The van der Waals surface area contributed by atoms with Crippen LogP contribution in [0.2, 0.25) is 0 Å². The minimum absolute atomic E-state index is 0. The van der Waals surface area contributed by atoms with E-state index in [0.717, 1.165) is 34.5 Å². The van der Waals surface area contributed by atoms with Crippen LogP contribution in [-0.4, -0.2) is 36.9 Å². The molecular weight excluding hydrogens is 370 g/mol. The Morgan fingerprint density at radius 1 is 1.04 bits per heavy atom. The minimum Gasteiger partial charge on any atom is -0.492 e. The van der Waals surface area contributed by atoms with E-state index in [4.69, 9.17) is 4.74 Å². The molecule has 1 saturated heterocycles. The maximum atomic E-state index is 12.7. The number of likely N-dealkylation sites (tertiary alicyclic amines) is 1. The Morgan fingerprint density at radius 3 is 2.36 bits per heavy atom. The second-order valence-corrected chi connectivity index (χ2v) is 7.89. The molecule has 1 heterocycles. The number of carbonyl (C=O) groups excluding carboxylic acids is 1. The van der Waals surface area contributed by atoms with Crippen molar-refractivity contribution in [3.05, 3.63) is 53.1 Å². The average molecular weight is 402 g/mol. The third-order valence-electron chi connectivity index (χ3n) is 5.42. The van der Waals surface area contributed by atoms with Gasteiger partial charge in [0.15, 0.2) is 5.78 Å². The Balaban J connectivity index is 0.00000280. The van der Waals surface area contributed by atoms with Gasteiger partial charge in [-0.05, 0) is 68.6 Å². The van der Waals surface area contributed by atoms with Crippen molar-refractivity contribution in [1.29, 1.82) is 0 Å². The highest BCUT2D eigenvalue weighted by atomic mass is 35.5. The van der Waals surface area contributed by atoms with Crippen LogP contribution in [0, 0.1) is 19.8 Å². The number of hydrogen-bond donors (Lipinski definition) is 0. The first-order valence-electron chi connectivity index (χ1n) is 10.1. The molecule has 152 valence electrons. The molecule has 0 atom stereocenters. The summed E-state index contributed by atoms with van der Waals surface area (Å²) in [5.74, 6) is 1.04. The molecule has 1 aliphatic rings. The van der Waals surface area contributed by atoms with E-state index in [2.05, 4.69) is 24.0 Å². The fourth-order valence-corrected chi connectivity index (χ4v) is 3.75. The summed E-state index contributed by atoms with van der Waals surface area (Å²) in [6, 6.07) is 12.4. The van der Waals surface area contributed by atoms with E-state index < -0.39 is 0 Å². The minimum atomic E-state index is -0.0182. The lowest BCUT2D eigenvalue weighted by Crippen LogP contribution is -2.25. The summed E-state index contributed by atoms with van der Waals surface area (Å²) in [5, 5.41) is 0. The van der Waals surface area contributed by atoms with Crippen LogP contribution < -0.4 is 4.74 Å². The summed E-state index contributed by atoms with van der Waals surface area (Å²) < 4.78 is 6.23. The topological polar surface area (TPSA) is 29.5 Å². The largest absolute Gasteiger partial charge is 0.492 e. The van der Waals surface area contributed by atoms with Crippen molar-refractivity contribution in [3.63, 3.8) is 0 Å². The van der Waals surface area contributed by atoms with Gasteiger partial charge in [-0.1, -0.05) is 38.1 Å². The standard InChI is InChI=1S/C24H31NO2.ClH/c1-17(2)24(26)21-16-22(20-10-6-5-9-18(20)3)23(15-19(21)4)27-14-13-25-11-7-8-12-25;/h5-6,9-10,15-17H,7-8,11-14H2,1-4H3;1H. The van der Waals surface area contributed by atoms with Gasteiger partial charge in [0.1, 0.15) is 12.4 Å². The van der Waals surface area contributed by atoms with Crippen LogP contribution in [0.15, 0.2) is 36.4 Å². The quantitative estimate of drug-likeness (QED) is 0.557. The van der Waals surface area contributed by atoms with E-state index in [1.165, 1.54) is 31.5 Å². The maximum absolute atomic E-state index is 12.7. The van der Waals surface area contributed by atoms with Gasteiger partial charge in [0.25, 0.3) is 0 Å². The molecular formula is C24H32ClNO2. The number of Topliss-reactive ketones (excluding diaryl/α,β-unsaturated/α-hetero) is 1. The zero-order chi connectivity index (χ0) is 19.4. The van der Waals surface area contributed by atoms with Crippen LogP contribution >= 0.6 is 12.4 Å². The highest BCUT2D eigenvalue weighted by Crippen LogP contribution is 2.35. The number of benzene rings is 2. The second-order valence-electron chi connectivity index (χ2n) is 7.89. The summed E-state index contributed by atoms with van der Waals surface area (Å²) in [4.78, 5) is 15.1. The molecule has 0 spiro atoms. The SMILES string of the molecule is Cc1cc(OCCN2CCCC2)c(-c2ccccc2C)cc1C(=O)C(C)C.Cl. The van der Waals surface area contributed by atoms with Crippen LogP contribution in [0.4, 0.5) is 0 Å². The van der Waals surface area contributed by atoms with Gasteiger partial charge in [-0.15, -0.1) is 12.4 Å². The first kappa shape index (κ1) is 22.4. The number of rotatable bonds is 7. The Labute approximate surface area is 175 Å². The molecule has 0 amide bonds. The van der Waals surface area contributed by atoms with Gasteiger partial charge in [0.2, 0.25) is 0 Å². The molecule has 0 radical (unpaired) electrons. The Morgan fingerprint density at radius 2 is 1.71 bits per heavy atom. The van der Waals surface area contributed by atoms with Gasteiger partial charge >= 0.3 is 0 Å². The lowest BCUT2D eigenvalue weighted by Gasteiger charge is -2.19. The van der Waals surface area contributed by atoms with E-state index in [-0.39, 0.29) is 24.1 Å². The predicted molar refractivity (Wildman–Crippen MR) is 119 cm³/mol. The summed E-state index contributed by atoms with van der Waals surface area (Å²) in [6.07, 6.45) is 2.58. The zero-order valence-corrected chi connectivity index (χ0v) is 18.3. The van der Waals surface area contributed by atoms with Crippen molar-refractivity contribution in [2.24, 2.45) is 5.92 Å². The van der Waals surface area contributed by atoms with E-state index >= 15 is 0 Å². The average Bonchev–Trinajstić information content (AvgIpc) is 3.15. The van der Waals surface area contributed by atoms with E-state index in [1.807, 2.05) is 45.0 Å². The van der Waals surface area contributed by atoms with Crippen molar-refractivity contribution in [2.45, 2.75) is 40.5 Å². The monoisotopic (exact) mass is 401 g/mol. The van der Waals surface area contributed by atoms with Gasteiger partial charge in [-0.25, -0.2) is 0 Å². The van der Waals surface area contributed by atoms with Crippen molar-refractivity contribution in [1.82, 2.24) is 4.90 Å². The summed E-state index contributed by atoms with van der Waals surface area (Å²) in [6.45, 7) is 12.0. The molecule has 2 aromatic rings. The molecule has 0 saturated carbocycles. The van der Waals surface area contributed by atoms with E-state index in [1.54, 1.807) is 0 Å². The van der Waals surface area contributed by atoms with Crippen LogP contribution in [-0.2, 0) is 0 Å². The molecule has 1 aliphatic heterocycles. The van der Waals surface area contributed by atoms with Crippen molar-refractivity contribution >= 4 is 18.2 Å². The van der Waals surface area contributed by atoms with Crippen LogP contribution in [0.5, 0.6) is 5.75 Å². The summed E-state index contributed by atoms with van der Waals surface area (Å²) >= 11 is 0. The molecule has 0 aliphatic carbocycles. The fraction of sp³-hybridized carbons (Fsp3) is 0.458. The Kier molecular flexibility index (Phi) is 8.09. The molecule has 3 rings (SSSR count). The van der Waals surface area contributed by atoms with Crippen molar-refractivity contribution in [2.75, 3.05) is 26.2 Å². The molecule has 1 fully saturated rings. The molecule has 0 bridgehead atoms. The number of aryl methyl sites for hydroxylation is 2.